The van der Waals surface area contributed by atoms with Crippen molar-refractivity contribution in [3.63, 3.8) is 0 Å². The lowest BCUT2D eigenvalue weighted by Gasteiger charge is -2.36. The van der Waals surface area contributed by atoms with Gasteiger partial charge in [-0.3, -0.25) is 4.57 Å². The Balaban J connectivity index is 1.73. The summed E-state index contributed by atoms with van der Waals surface area (Å²) < 4.78 is 1.69. The molecule has 0 saturated carbocycles. The third kappa shape index (κ3) is 2.54. The number of rotatable bonds is 3. The van der Waals surface area contributed by atoms with Gasteiger partial charge in [-0.15, -0.1) is 0 Å². The second-order valence-electron chi connectivity index (χ2n) is 5.25. The van der Waals surface area contributed by atoms with Gasteiger partial charge in [-0.25, -0.2) is 0 Å². The molecular formula is C14H17N5O3. The van der Waals surface area contributed by atoms with Crippen molar-refractivity contribution in [3.05, 3.63) is 40.7 Å². The zero-order valence-electron chi connectivity index (χ0n) is 12.2. The van der Waals surface area contributed by atoms with Gasteiger partial charge in [-0.05, 0) is 34.2 Å². The van der Waals surface area contributed by atoms with Gasteiger partial charge < -0.3 is 25.0 Å². The molecule has 116 valence electrons. The van der Waals surface area contributed by atoms with Gasteiger partial charge in [0.1, 0.15) is 5.75 Å². The lowest BCUT2D eigenvalue weighted by molar-refractivity contribution is -0.388. The molecule has 1 aliphatic rings. The quantitative estimate of drug-likeness (QED) is 0.680. The minimum absolute atomic E-state index is 0.0967. The first-order valence-corrected chi connectivity index (χ1v) is 7.01. The van der Waals surface area contributed by atoms with Crippen LogP contribution in [0.15, 0.2) is 30.6 Å². The number of hydrogen-bond acceptors (Lipinski definition) is 6. The number of hydrogen-bond donors (Lipinski definition) is 1. The van der Waals surface area contributed by atoms with Crippen LogP contribution in [0.3, 0.4) is 0 Å². The third-order valence-electron chi connectivity index (χ3n) is 3.85. The van der Waals surface area contributed by atoms with Crippen molar-refractivity contribution in [2.45, 2.75) is 0 Å². The zero-order chi connectivity index (χ0) is 15.7. The summed E-state index contributed by atoms with van der Waals surface area (Å²) in [4.78, 5) is 18.7. The van der Waals surface area contributed by atoms with E-state index in [1.54, 1.807) is 23.7 Å². The predicted molar refractivity (Wildman–Crippen MR) is 82.4 cm³/mol. The average molecular weight is 303 g/mol. The highest BCUT2D eigenvalue weighted by Gasteiger charge is 2.28. The van der Waals surface area contributed by atoms with E-state index in [4.69, 9.17) is 0 Å². The fraction of sp³-hybridized carbons (Fsp3) is 0.357. The molecule has 1 fully saturated rings. The first kappa shape index (κ1) is 14.2. The van der Waals surface area contributed by atoms with Crippen LogP contribution in [0.25, 0.3) is 0 Å². The van der Waals surface area contributed by atoms with Crippen LogP contribution in [0.5, 0.6) is 5.75 Å². The SMILES string of the molecule is Cn1cnc([N+](=O)[O-])c1N1CCN(c2ccc(O)cc2)CC1. The number of phenolic OH excluding ortho intramolecular Hbond substituents is 1. The molecule has 1 aliphatic heterocycles. The van der Waals surface area contributed by atoms with Crippen molar-refractivity contribution in [1.29, 1.82) is 0 Å². The summed E-state index contributed by atoms with van der Waals surface area (Å²) in [7, 11) is 1.77. The average Bonchev–Trinajstić information content (AvgIpc) is 2.90. The highest BCUT2D eigenvalue weighted by molar-refractivity contribution is 5.57. The normalized spacial score (nSPS) is 15.1. The summed E-state index contributed by atoms with van der Waals surface area (Å²) in [6.07, 6.45) is 1.47. The molecule has 8 heteroatoms. The minimum atomic E-state index is -0.443. The summed E-state index contributed by atoms with van der Waals surface area (Å²) in [5.74, 6) is 0.698. The molecule has 2 heterocycles. The molecule has 0 unspecified atom stereocenters. The van der Waals surface area contributed by atoms with Crippen molar-refractivity contribution in [3.8, 4) is 5.75 Å². The van der Waals surface area contributed by atoms with Crippen molar-refractivity contribution in [2.75, 3.05) is 36.0 Å². The molecule has 1 aromatic heterocycles. The third-order valence-corrected chi connectivity index (χ3v) is 3.85. The number of imidazole rings is 1. The molecule has 1 saturated heterocycles. The summed E-state index contributed by atoms with van der Waals surface area (Å²) >= 11 is 0. The van der Waals surface area contributed by atoms with Gasteiger partial charge in [0, 0.05) is 38.9 Å². The van der Waals surface area contributed by atoms with Crippen molar-refractivity contribution >= 4 is 17.3 Å². The first-order chi connectivity index (χ1) is 10.6. The maximum Gasteiger partial charge on any atom is 0.406 e. The molecule has 0 amide bonds. The fourth-order valence-corrected chi connectivity index (χ4v) is 2.74. The maximum atomic E-state index is 11.1. The van der Waals surface area contributed by atoms with Crippen LogP contribution in [0.1, 0.15) is 0 Å². The lowest BCUT2D eigenvalue weighted by atomic mass is 10.2. The van der Waals surface area contributed by atoms with E-state index in [1.165, 1.54) is 6.33 Å². The molecule has 22 heavy (non-hydrogen) atoms. The first-order valence-electron chi connectivity index (χ1n) is 7.01. The number of aromatic nitrogens is 2. The maximum absolute atomic E-state index is 11.1. The standard InChI is InChI=1S/C14H17N5O3/c1-16-10-15-13(19(21)22)14(16)18-8-6-17(7-9-18)11-2-4-12(20)5-3-11/h2-5,10,20H,6-9H2,1H3. The van der Waals surface area contributed by atoms with Gasteiger partial charge in [0.05, 0.1) is 0 Å². The number of phenols is 1. The Kier molecular flexibility index (Phi) is 3.58. The van der Waals surface area contributed by atoms with E-state index in [-0.39, 0.29) is 11.6 Å². The van der Waals surface area contributed by atoms with E-state index < -0.39 is 4.92 Å². The molecule has 0 radical (unpaired) electrons. The van der Waals surface area contributed by atoms with Crippen LogP contribution in [-0.2, 0) is 7.05 Å². The Morgan fingerprint density at radius 2 is 1.73 bits per heavy atom. The highest BCUT2D eigenvalue weighted by Crippen LogP contribution is 2.28. The number of aryl methyl sites for hydroxylation is 1. The van der Waals surface area contributed by atoms with Gasteiger partial charge in [0.25, 0.3) is 0 Å². The van der Waals surface area contributed by atoms with E-state index >= 15 is 0 Å². The molecule has 1 N–H and O–H groups in total. The van der Waals surface area contributed by atoms with Gasteiger partial charge in [0.2, 0.25) is 12.1 Å². The molecule has 1 aromatic carbocycles. The molecule has 8 nitrogen and oxygen atoms in total. The van der Waals surface area contributed by atoms with Crippen LogP contribution < -0.4 is 9.80 Å². The predicted octanol–water partition coefficient (Wildman–Crippen LogP) is 1.36. The molecule has 0 spiro atoms. The second kappa shape index (κ2) is 5.55. The number of benzene rings is 1. The summed E-state index contributed by atoms with van der Waals surface area (Å²) in [5.41, 5.74) is 1.04. The largest absolute Gasteiger partial charge is 0.508 e. The Morgan fingerprint density at radius 1 is 1.14 bits per heavy atom. The van der Waals surface area contributed by atoms with E-state index in [0.717, 1.165) is 18.8 Å². The highest BCUT2D eigenvalue weighted by atomic mass is 16.6. The minimum Gasteiger partial charge on any atom is -0.508 e. The molecule has 0 bridgehead atoms. The zero-order valence-corrected chi connectivity index (χ0v) is 12.2. The lowest BCUT2D eigenvalue weighted by Crippen LogP contribution is -2.47. The smallest absolute Gasteiger partial charge is 0.406 e. The van der Waals surface area contributed by atoms with Crippen LogP contribution in [0, 0.1) is 10.1 Å². The number of nitrogens with zero attached hydrogens (tertiary/aromatic N) is 5. The van der Waals surface area contributed by atoms with Gasteiger partial charge in [0.15, 0.2) is 0 Å². The summed E-state index contributed by atoms with van der Waals surface area (Å²) in [6, 6.07) is 7.07. The van der Waals surface area contributed by atoms with Gasteiger partial charge in [-0.1, -0.05) is 0 Å². The van der Waals surface area contributed by atoms with E-state index in [1.807, 2.05) is 17.0 Å². The van der Waals surface area contributed by atoms with E-state index in [9.17, 15) is 15.2 Å². The summed E-state index contributed by atoms with van der Waals surface area (Å²) in [5, 5.41) is 20.4. The fourth-order valence-electron chi connectivity index (χ4n) is 2.74. The molecule has 2 aromatic rings. The van der Waals surface area contributed by atoms with Crippen LogP contribution in [0.4, 0.5) is 17.3 Å². The van der Waals surface area contributed by atoms with Crippen LogP contribution in [-0.4, -0.2) is 45.8 Å². The Morgan fingerprint density at radius 3 is 2.32 bits per heavy atom. The van der Waals surface area contributed by atoms with Crippen LogP contribution in [0.2, 0.25) is 0 Å². The van der Waals surface area contributed by atoms with Crippen molar-refractivity contribution < 1.29 is 10.0 Å². The van der Waals surface area contributed by atoms with Gasteiger partial charge >= 0.3 is 5.82 Å². The van der Waals surface area contributed by atoms with E-state index in [2.05, 4.69) is 9.88 Å². The molecular weight excluding hydrogens is 286 g/mol. The Labute approximate surface area is 127 Å². The van der Waals surface area contributed by atoms with Gasteiger partial charge in [-0.2, -0.15) is 0 Å². The Hall–Kier alpha value is -2.77. The van der Waals surface area contributed by atoms with Crippen molar-refractivity contribution in [2.24, 2.45) is 7.05 Å². The number of anilines is 2. The van der Waals surface area contributed by atoms with Crippen LogP contribution >= 0.6 is 0 Å². The second-order valence-corrected chi connectivity index (χ2v) is 5.25. The topological polar surface area (TPSA) is 87.7 Å². The number of piperazine rings is 1. The van der Waals surface area contributed by atoms with E-state index in [0.29, 0.717) is 18.9 Å². The summed E-state index contributed by atoms with van der Waals surface area (Å²) in [6.45, 7) is 2.88. The molecule has 0 aliphatic carbocycles. The number of aromatic hydroxyl groups is 1. The number of nitro groups is 1. The molecule has 3 rings (SSSR count). The monoisotopic (exact) mass is 303 g/mol. The van der Waals surface area contributed by atoms with Crippen molar-refractivity contribution in [1.82, 2.24) is 9.55 Å². The Bertz CT molecular complexity index is 674. The molecule has 0 atom stereocenters.